The molecule has 32 heavy (non-hydrogen) atoms. The summed E-state index contributed by atoms with van der Waals surface area (Å²) >= 11 is 0. The van der Waals surface area contributed by atoms with E-state index in [1.807, 2.05) is 0 Å². The molecule has 3 aliphatic rings. The van der Waals surface area contributed by atoms with Crippen LogP contribution in [0.15, 0.2) is 60.7 Å². The highest BCUT2D eigenvalue weighted by Gasteiger charge is 2.29. The van der Waals surface area contributed by atoms with E-state index in [9.17, 15) is 0 Å². The number of rotatable bonds is 3. The summed E-state index contributed by atoms with van der Waals surface area (Å²) in [7, 11) is 0. The van der Waals surface area contributed by atoms with Gasteiger partial charge >= 0.3 is 0 Å². The highest BCUT2D eigenvalue weighted by molar-refractivity contribution is 5.99. The molecule has 1 heterocycles. The first-order chi connectivity index (χ1) is 15.8. The van der Waals surface area contributed by atoms with Gasteiger partial charge in [-0.1, -0.05) is 61.4 Å². The van der Waals surface area contributed by atoms with Crippen LogP contribution in [0.2, 0.25) is 0 Å². The molecular weight excluding hydrogens is 386 g/mol. The fraction of sp³-hybridized carbons (Fsp3) is 0.323. The Morgan fingerprint density at radius 3 is 2.38 bits per heavy atom. The van der Waals surface area contributed by atoms with Crippen molar-refractivity contribution in [3.05, 3.63) is 88.6 Å². The third-order valence-corrected chi connectivity index (χ3v) is 8.04. The van der Waals surface area contributed by atoms with E-state index in [1.54, 1.807) is 5.56 Å². The molecule has 1 heteroatoms. The van der Waals surface area contributed by atoms with Gasteiger partial charge < -0.3 is 0 Å². The summed E-state index contributed by atoms with van der Waals surface area (Å²) in [5.41, 5.74) is 12.5. The van der Waals surface area contributed by atoms with Gasteiger partial charge in [0.15, 0.2) is 0 Å². The molecule has 0 bridgehead atoms. The topological polar surface area (TPSA) is 12.9 Å². The van der Waals surface area contributed by atoms with Gasteiger partial charge in [0, 0.05) is 22.6 Å². The van der Waals surface area contributed by atoms with Crippen LogP contribution >= 0.6 is 0 Å². The Labute approximate surface area is 190 Å². The van der Waals surface area contributed by atoms with Gasteiger partial charge in [0.1, 0.15) is 0 Å². The number of pyridine rings is 1. The zero-order chi connectivity index (χ0) is 21.2. The lowest BCUT2D eigenvalue weighted by molar-refractivity contribution is 0.729. The van der Waals surface area contributed by atoms with Crippen molar-refractivity contribution in [2.45, 2.75) is 63.7 Å². The van der Waals surface area contributed by atoms with Crippen LogP contribution in [0.25, 0.3) is 33.2 Å². The Morgan fingerprint density at radius 2 is 1.53 bits per heavy atom. The molecular formula is C31H29N. The third kappa shape index (κ3) is 2.87. The minimum Gasteiger partial charge on any atom is -0.252 e. The van der Waals surface area contributed by atoms with E-state index in [-0.39, 0.29) is 0 Å². The molecule has 0 saturated heterocycles. The van der Waals surface area contributed by atoms with Gasteiger partial charge in [0.25, 0.3) is 0 Å². The number of hydrogen-bond donors (Lipinski definition) is 0. The van der Waals surface area contributed by atoms with Gasteiger partial charge in [-0.3, -0.25) is 4.98 Å². The highest BCUT2D eigenvalue weighted by Crippen LogP contribution is 2.47. The maximum absolute atomic E-state index is 5.38. The molecule has 0 aliphatic heterocycles. The molecule has 0 amide bonds. The first-order valence-corrected chi connectivity index (χ1v) is 12.4. The van der Waals surface area contributed by atoms with Gasteiger partial charge in [-0.05, 0) is 95.8 Å². The second kappa shape index (κ2) is 7.04. The third-order valence-electron chi connectivity index (χ3n) is 8.04. The molecule has 0 radical (unpaired) electrons. The number of hydrogen-bond acceptors (Lipinski definition) is 1. The van der Waals surface area contributed by atoms with Crippen LogP contribution in [0.4, 0.5) is 0 Å². The van der Waals surface area contributed by atoms with E-state index >= 15 is 0 Å². The lowest BCUT2D eigenvalue weighted by Gasteiger charge is -2.18. The second-order valence-corrected chi connectivity index (χ2v) is 10.3. The molecule has 1 aromatic heterocycles. The van der Waals surface area contributed by atoms with Gasteiger partial charge in [-0.25, -0.2) is 0 Å². The van der Waals surface area contributed by atoms with Crippen LogP contribution in [-0.4, -0.2) is 4.98 Å². The van der Waals surface area contributed by atoms with Crippen LogP contribution in [-0.2, 0) is 6.42 Å². The van der Waals surface area contributed by atoms with Crippen LogP contribution < -0.4 is 0 Å². The number of aryl methyl sites for hydroxylation is 1. The van der Waals surface area contributed by atoms with Crippen LogP contribution in [0.1, 0.15) is 78.3 Å². The van der Waals surface area contributed by atoms with Crippen molar-refractivity contribution in [3.63, 3.8) is 0 Å². The Balaban J connectivity index is 1.50. The van der Waals surface area contributed by atoms with E-state index in [0.29, 0.717) is 11.8 Å². The van der Waals surface area contributed by atoms with Crippen molar-refractivity contribution in [2.75, 3.05) is 0 Å². The molecule has 0 unspecified atom stereocenters. The van der Waals surface area contributed by atoms with Gasteiger partial charge in [-0.2, -0.15) is 0 Å². The molecule has 0 atom stereocenters. The smallest absolute Gasteiger partial charge is 0.0787 e. The summed E-state index contributed by atoms with van der Waals surface area (Å²) in [6.07, 6.45) is 9.02. The Morgan fingerprint density at radius 1 is 0.719 bits per heavy atom. The monoisotopic (exact) mass is 415 g/mol. The fourth-order valence-corrected chi connectivity index (χ4v) is 6.29. The van der Waals surface area contributed by atoms with Crippen LogP contribution in [0.5, 0.6) is 0 Å². The largest absolute Gasteiger partial charge is 0.252 e. The predicted octanol–water partition coefficient (Wildman–Crippen LogP) is 8.32. The maximum Gasteiger partial charge on any atom is 0.0787 e. The summed E-state index contributed by atoms with van der Waals surface area (Å²) in [5.74, 6) is 1.37. The quantitative estimate of drug-likeness (QED) is 0.289. The maximum atomic E-state index is 5.38. The summed E-state index contributed by atoms with van der Waals surface area (Å²) in [4.78, 5) is 5.38. The number of nitrogens with zero attached hydrogens (tertiary/aromatic N) is 1. The lowest BCUT2D eigenvalue weighted by Crippen LogP contribution is -2.00. The van der Waals surface area contributed by atoms with Crippen molar-refractivity contribution >= 4 is 10.8 Å². The second-order valence-electron chi connectivity index (χ2n) is 10.3. The molecule has 7 rings (SSSR count). The zero-order valence-electron chi connectivity index (χ0n) is 18.8. The molecule has 2 fully saturated rings. The van der Waals surface area contributed by atoms with Gasteiger partial charge in [-0.15, -0.1) is 0 Å². The van der Waals surface area contributed by atoms with Crippen molar-refractivity contribution in [2.24, 2.45) is 0 Å². The molecule has 0 N–H and O–H groups in total. The average molecular weight is 416 g/mol. The van der Waals surface area contributed by atoms with Gasteiger partial charge in [0.2, 0.25) is 0 Å². The van der Waals surface area contributed by atoms with Crippen LogP contribution in [0.3, 0.4) is 0 Å². The van der Waals surface area contributed by atoms with E-state index in [1.165, 1.54) is 94.1 Å². The summed E-state index contributed by atoms with van der Waals surface area (Å²) in [6.45, 7) is 2.24. The van der Waals surface area contributed by atoms with Crippen molar-refractivity contribution in [3.8, 4) is 22.4 Å². The number of benzene rings is 3. The van der Waals surface area contributed by atoms with E-state index in [4.69, 9.17) is 4.98 Å². The Hall–Kier alpha value is -2.93. The zero-order valence-corrected chi connectivity index (χ0v) is 18.8. The van der Waals surface area contributed by atoms with Crippen LogP contribution in [0, 0.1) is 6.92 Å². The fourth-order valence-electron chi connectivity index (χ4n) is 6.29. The molecule has 2 saturated carbocycles. The lowest BCUT2D eigenvalue weighted by atomic mass is 9.88. The predicted molar refractivity (Wildman–Crippen MR) is 133 cm³/mol. The molecule has 3 aliphatic carbocycles. The summed E-state index contributed by atoms with van der Waals surface area (Å²) in [6, 6.07) is 23.1. The first kappa shape index (κ1) is 18.6. The Kier molecular flexibility index (Phi) is 4.09. The van der Waals surface area contributed by atoms with E-state index in [0.717, 1.165) is 6.42 Å². The first-order valence-electron chi connectivity index (χ1n) is 12.4. The SMILES string of the molecule is Cc1cc2c(c(-c3nc(C4CC4)cc4c(C5CCCC5)cccc34)c1)Cc1ccccc1-2. The normalized spacial score (nSPS) is 17.7. The van der Waals surface area contributed by atoms with Crippen molar-refractivity contribution in [1.82, 2.24) is 4.98 Å². The molecule has 0 spiro atoms. The minimum absolute atomic E-state index is 0.657. The minimum atomic E-state index is 0.657. The van der Waals surface area contributed by atoms with Crippen molar-refractivity contribution in [1.29, 1.82) is 0 Å². The van der Waals surface area contributed by atoms with Crippen molar-refractivity contribution < 1.29 is 0 Å². The summed E-state index contributed by atoms with van der Waals surface area (Å²) < 4.78 is 0. The van der Waals surface area contributed by atoms with Gasteiger partial charge in [0.05, 0.1) is 5.69 Å². The Bertz CT molecular complexity index is 1370. The molecule has 1 nitrogen and oxygen atoms in total. The van der Waals surface area contributed by atoms with E-state index < -0.39 is 0 Å². The molecule has 158 valence electrons. The standard InChI is InChI=1S/C31H29N/c1-19-15-26-24-10-5-4-9-22(24)17-27(26)29(16-19)31-25-12-6-11-23(20-7-2-3-8-20)28(25)18-30(32-31)21-13-14-21/h4-6,9-12,15-16,18,20-21H,2-3,7-8,13-14,17H2,1H3. The number of fused-ring (bicyclic) bond motifs is 4. The summed E-state index contributed by atoms with van der Waals surface area (Å²) in [5, 5.41) is 2.82. The molecule has 4 aromatic rings. The average Bonchev–Trinajstić information content (AvgIpc) is 3.40. The van der Waals surface area contributed by atoms with E-state index in [2.05, 4.69) is 67.6 Å². The highest BCUT2D eigenvalue weighted by atomic mass is 14.7. The number of aromatic nitrogens is 1. The molecule has 3 aromatic carbocycles.